The Morgan fingerprint density at radius 2 is 1.61 bits per heavy atom. The topological polar surface area (TPSA) is 86.8 Å². The van der Waals surface area contributed by atoms with E-state index in [9.17, 15) is 22.4 Å². The Labute approximate surface area is 180 Å². The second kappa shape index (κ2) is 8.76. The molecule has 2 aliphatic rings. The van der Waals surface area contributed by atoms with E-state index in [4.69, 9.17) is 0 Å². The Kier molecular flexibility index (Phi) is 6.06. The Balaban J connectivity index is 1.40. The lowest BCUT2D eigenvalue weighted by Gasteiger charge is -2.25. The average molecular weight is 446 g/mol. The van der Waals surface area contributed by atoms with Gasteiger partial charge in [0.15, 0.2) is 0 Å². The fourth-order valence-electron chi connectivity index (χ4n) is 3.98. The van der Waals surface area contributed by atoms with Crippen LogP contribution in [0.4, 0.5) is 10.1 Å². The molecule has 0 aliphatic carbocycles. The van der Waals surface area contributed by atoms with Crippen molar-refractivity contribution < 1.29 is 22.4 Å². The quantitative estimate of drug-likeness (QED) is 0.766. The van der Waals surface area contributed by atoms with Crippen LogP contribution in [0.1, 0.15) is 36.0 Å². The zero-order valence-electron chi connectivity index (χ0n) is 17.0. The van der Waals surface area contributed by atoms with E-state index in [0.717, 1.165) is 19.3 Å². The summed E-state index contributed by atoms with van der Waals surface area (Å²) < 4.78 is 40.1. The van der Waals surface area contributed by atoms with Gasteiger partial charge in [-0.05, 0) is 61.4 Å². The van der Waals surface area contributed by atoms with Crippen molar-refractivity contribution in [3.05, 3.63) is 59.9 Å². The van der Waals surface area contributed by atoms with Crippen LogP contribution in [-0.2, 0) is 14.8 Å². The molecule has 0 aromatic heterocycles. The van der Waals surface area contributed by atoms with Crippen LogP contribution in [0.5, 0.6) is 0 Å². The summed E-state index contributed by atoms with van der Waals surface area (Å²) in [7, 11) is -3.55. The number of carbonyl (C=O) groups is 2. The molecule has 2 amide bonds. The standard InChI is InChI=1S/C22H24FN3O4S/c23-17-6-8-19(9-7-17)26-15-18(14-21(26)27)24-22(28)16-4-10-20(11-5-16)31(29,30)25-12-2-1-3-13-25/h4-11,18H,1-3,12-15H2,(H,24,28). The summed E-state index contributed by atoms with van der Waals surface area (Å²) in [5.41, 5.74) is 0.903. The van der Waals surface area contributed by atoms with Gasteiger partial charge in [0.25, 0.3) is 5.91 Å². The lowest BCUT2D eigenvalue weighted by atomic mass is 10.2. The van der Waals surface area contributed by atoms with Gasteiger partial charge in [-0.1, -0.05) is 6.42 Å². The number of piperidine rings is 1. The molecule has 2 heterocycles. The van der Waals surface area contributed by atoms with Crippen LogP contribution >= 0.6 is 0 Å². The molecule has 0 saturated carbocycles. The molecule has 164 valence electrons. The van der Waals surface area contributed by atoms with Crippen molar-refractivity contribution in [3.63, 3.8) is 0 Å². The van der Waals surface area contributed by atoms with E-state index in [2.05, 4.69) is 5.32 Å². The van der Waals surface area contributed by atoms with Gasteiger partial charge in [-0.2, -0.15) is 4.31 Å². The van der Waals surface area contributed by atoms with Gasteiger partial charge in [0.1, 0.15) is 5.82 Å². The minimum absolute atomic E-state index is 0.143. The van der Waals surface area contributed by atoms with Crippen LogP contribution in [0.15, 0.2) is 53.4 Å². The third-order valence-electron chi connectivity index (χ3n) is 5.67. The van der Waals surface area contributed by atoms with Gasteiger partial charge < -0.3 is 10.2 Å². The van der Waals surface area contributed by atoms with E-state index >= 15 is 0 Å². The third-order valence-corrected chi connectivity index (χ3v) is 7.58. The van der Waals surface area contributed by atoms with Crippen molar-refractivity contribution in [2.24, 2.45) is 0 Å². The molecular formula is C22H24FN3O4S. The Morgan fingerprint density at radius 1 is 0.968 bits per heavy atom. The Morgan fingerprint density at radius 3 is 2.26 bits per heavy atom. The normalized spacial score (nSPS) is 20.1. The molecule has 2 aliphatic heterocycles. The maximum atomic E-state index is 13.1. The van der Waals surface area contributed by atoms with Crippen LogP contribution in [-0.4, -0.2) is 50.2 Å². The minimum atomic E-state index is -3.55. The number of sulfonamides is 1. The van der Waals surface area contributed by atoms with Crippen LogP contribution in [0.3, 0.4) is 0 Å². The largest absolute Gasteiger partial charge is 0.347 e. The van der Waals surface area contributed by atoms with E-state index in [-0.39, 0.29) is 41.5 Å². The highest BCUT2D eigenvalue weighted by atomic mass is 32.2. The average Bonchev–Trinajstić information content (AvgIpc) is 3.14. The fraction of sp³-hybridized carbons (Fsp3) is 0.364. The summed E-state index contributed by atoms with van der Waals surface area (Å²) in [6.45, 7) is 1.33. The van der Waals surface area contributed by atoms with Gasteiger partial charge in [0.2, 0.25) is 15.9 Å². The monoisotopic (exact) mass is 445 g/mol. The van der Waals surface area contributed by atoms with Crippen LogP contribution in [0.25, 0.3) is 0 Å². The van der Waals surface area contributed by atoms with Gasteiger partial charge in [0, 0.05) is 37.3 Å². The summed E-state index contributed by atoms with van der Waals surface area (Å²) in [4.78, 5) is 26.6. The summed E-state index contributed by atoms with van der Waals surface area (Å²) >= 11 is 0. The molecule has 9 heteroatoms. The predicted molar refractivity (Wildman–Crippen MR) is 114 cm³/mol. The number of hydrogen-bond donors (Lipinski definition) is 1. The molecule has 31 heavy (non-hydrogen) atoms. The lowest BCUT2D eigenvalue weighted by Crippen LogP contribution is -2.37. The summed E-state index contributed by atoms with van der Waals surface area (Å²) in [5.74, 6) is -0.911. The van der Waals surface area contributed by atoms with Gasteiger partial charge in [-0.25, -0.2) is 12.8 Å². The SMILES string of the molecule is O=C(NC1CC(=O)N(c2ccc(F)cc2)C1)c1ccc(S(=O)(=O)N2CCCCC2)cc1. The van der Waals surface area contributed by atoms with Gasteiger partial charge in [-0.15, -0.1) is 0 Å². The minimum Gasteiger partial charge on any atom is -0.347 e. The highest BCUT2D eigenvalue weighted by Crippen LogP contribution is 2.23. The molecule has 0 radical (unpaired) electrons. The van der Waals surface area contributed by atoms with Gasteiger partial charge in [0.05, 0.1) is 10.9 Å². The summed E-state index contributed by atoms with van der Waals surface area (Å²) in [5, 5.41) is 2.82. The molecule has 1 N–H and O–H groups in total. The molecule has 0 spiro atoms. The number of carbonyl (C=O) groups excluding carboxylic acids is 2. The number of hydrogen-bond acceptors (Lipinski definition) is 4. The third kappa shape index (κ3) is 4.62. The summed E-state index contributed by atoms with van der Waals surface area (Å²) in [6.07, 6.45) is 2.89. The number of amides is 2. The molecule has 7 nitrogen and oxygen atoms in total. The first-order valence-electron chi connectivity index (χ1n) is 10.3. The van der Waals surface area contributed by atoms with E-state index in [1.165, 1.54) is 57.7 Å². The number of halogens is 1. The lowest BCUT2D eigenvalue weighted by molar-refractivity contribution is -0.117. The van der Waals surface area contributed by atoms with Crippen LogP contribution in [0, 0.1) is 5.82 Å². The number of nitrogens with one attached hydrogen (secondary N) is 1. The number of nitrogens with zero attached hydrogens (tertiary/aromatic N) is 2. The number of rotatable bonds is 5. The molecule has 0 bridgehead atoms. The number of benzene rings is 2. The molecule has 4 rings (SSSR count). The number of anilines is 1. The Bertz CT molecular complexity index is 1060. The molecule has 2 aromatic rings. The molecular weight excluding hydrogens is 421 g/mol. The Hall–Kier alpha value is -2.78. The first-order chi connectivity index (χ1) is 14.8. The maximum Gasteiger partial charge on any atom is 0.251 e. The summed E-state index contributed by atoms with van der Waals surface area (Å²) in [6, 6.07) is 11.1. The first-order valence-corrected chi connectivity index (χ1v) is 11.8. The van der Waals surface area contributed by atoms with E-state index < -0.39 is 10.0 Å². The zero-order chi connectivity index (χ0) is 22.0. The van der Waals surface area contributed by atoms with E-state index in [1.54, 1.807) is 0 Å². The van der Waals surface area contributed by atoms with E-state index in [1.807, 2.05) is 0 Å². The second-order valence-corrected chi connectivity index (χ2v) is 9.78. The van der Waals surface area contributed by atoms with Gasteiger partial charge in [-0.3, -0.25) is 9.59 Å². The highest BCUT2D eigenvalue weighted by molar-refractivity contribution is 7.89. The molecule has 1 unspecified atom stereocenters. The van der Waals surface area contributed by atoms with Crippen molar-refractivity contribution in [2.75, 3.05) is 24.5 Å². The second-order valence-electron chi connectivity index (χ2n) is 7.84. The van der Waals surface area contributed by atoms with Crippen molar-refractivity contribution in [1.29, 1.82) is 0 Å². The molecule has 1 atom stereocenters. The van der Waals surface area contributed by atoms with Gasteiger partial charge >= 0.3 is 0 Å². The van der Waals surface area contributed by atoms with E-state index in [0.29, 0.717) is 24.3 Å². The predicted octanol–water partition coefficient (Wildman–Crippen LogP) is 2.54. The molecule has 2 aromatic carbocycles. The first kappa shape index (κ1) is 21.5. The van der Waals surface area contributed by atoms with Crippen LogP contribution in [0.2, 0.25) is 0 Å². The molecule has 2 saturated heterocycles. The van der Waals surface area contributed by atoms with Crippen molar-refractivity contribution in [1.82, 2.24) is 9.62 Å². The highest BCUT2D eigenvalue weighted by Gasteiger charge is 2.32. The smallest absolute Gasteiger partial charge is 0.251 e. The van der Waals surface area contributed by atoms with Crippen molar-refractivity contribution in [2.45, 2.75) is 36.6 Å². The maximum absolute atomic E-state index is 13.1. The van der Waals surface area contributed by atoms with Crippen molar-refractivity contribution >= 4 is 27.5 Å². The molecule has 2 fully saturated rings. The zero-order valence-corrected chi connectivity index (χ0v) is 17.8. The van der Waals surface area contributed by atoms with Crippen molar-refractivity contribution in [3.8, 4) is 0 Å². The fourth-order valence-corrected chi connectivity index (χ4v) is 5.49. The van der Waals surface area contributed by atoms with Crippen LogP contribution < -0.4 is 10.2 Å².